The van der Waals surface area contributed by atoms with Gasteiger partial charge in [-0.05, 0) is 29.2 Å². The van der Waals surface area contributed by atoms with Crippen LogP contribution in [0.2, 0.25) is 0 Å². The Labute approximate surface area is 152 Å². The number of fused-ring (bicyclic) bond motifs is 1. The second-order valence-corrected chi connectivity index (χ2v) is 6.37. The summed E-state index contributed by atoms with van der Waals surface area (Å²) < 4.78 is 0. The number of hydrogen-bond acceptors (Lipinski definition) is 3. The summed E-state index contributed by atoms with van der Waals surface area (Å²) >= 11 is 0. The first-order valence-corrected chi connectivity index (χ1v) is 8.76. The van der Waals surface area contributed by atoms with E-state index in [0.29, 0.717) is 6.54 Å². The minimum absolute atomic E-state index is 0.0816. The van der Waals surface area contributed by atoms with Gasteiger partial charge in [-0.2, -0.15) is 0 Å². The van der Waals surface area contributed by atoms with E-state index in [9.17, 15) is 9.59 Å². The molecule has 0 aromatic heterocycles. The summed E-state index contributed by atoms with van der Waals surface area (Å²) in [7, 11) is 0. The zero-order valence-electron chi connectivity index (χ0n) is 14.6. The molecular weight excluding hydrogens is 330 g/mol. The molecule has 0 radical (unpaired) electrons. The third-order valence-corrected chi connectivity index (χ3v) is 4.46. The molecule has 3 rings (SSSR count). The molecule has 26 heavy (non-hydrogen) atoms. The van der Waals surface area contributed by atoms with E-state index in [4.69, 9.17) is 5.11 Å². The van der Waals surface area contributed by atoms with Crippen molar-refractivity contribution in [2.24, 2.45) is 0 Å². The molecule has 0 spiro atoms. The quantitative estimate of drug-likeness (QED) is 0.714. The standard InChI is InChI=1S/C20H23N3O3/c24-19(25)9-11-21-20(26)22-13-15-5-7-16(8-6-15)14-23-12-10-17-3-1-2-4-18(17)23/h1-8H,9-14H2,(H,24,25)(H2,21,22,26). The van der Waals surface area contributed by atoms with Crippen LogP contribution in [0.15, 0.2) is 48.5 Å². The molecule has 6 heteroatoms. The first kappa shape index (κ1) is 17.8. The van der Waals surface area contributed by atoms with Crippen molar-refractivity contribution in [1.29, 1.82) is 0 Å². The van der Waals surface area contributed by atoms with Gasteiger partial charge in [0.1, 0.15) is 0 Å². The third kappa shape index (κ3) is 4.75. The highest BCUT2D eigenvalue weighted by atomic mass is 16.4. The van der Waals surface area contributed by atoms with Gasteiger partial charge in [-0.3, -0.25) is 4.79 Å². The molecule has 0 unspecified atom stereocenters. The lowest BCUT2D eigenvalue weighted by molar-refractivity contribution is -0.136. The Kier molecular flexibility index (Phi) is 5.73. The molecule has 0 fully saturated rings. The lowest BCUT2D eigenvalue weighted by Crippen LogP contribution is -2.36. The van der Waals surface area contributed by atoms with Gasteiger partial charge < -0.3 is 20.6 Å². The molecule has 0 aliphatic carbocycles. The van der Waals surface area contributed by atoms with E-state index < -0.39 is 5.97 Å². The largest absolute Gasteiger partial charge is 0.481 e. The van der Waals surface area contributed by atoms with E-state index in [-0.39, 0.29) is 19.0 Å². The minimum atomic E-state index is -0.929. The summed E-state index contributed by atoms with van der Waals surface area (Å²) in [6.45, 7) is 2.45. The predicted molar refractivity (Wildman–Crippen MR) is 100 cm³/mol. The smallest absolute Gasteiger partial charge is 0.315 e. The number of nitrogens with one attached hydrogen (secondary N) is 2. The second kappa shape index (κ2) is 8.38. The van der Waals surface area contributed by atoms with Crippen LogP contribution in [0.4, 0.5) is 10.5 Å². The van der Waals surface area contributed by atoms with E-state index in [1.165, 1.54) is 16.8 Å². The van der Waals surface area contributed by atoms with Crippen molar-refractivity contribution >= 4 is 17.7 Å². The maximum absolute atomic E-state index is 11.6. The maximum Gasteiger partial charge on any atom is 0.315 e. The summed E-state index contributed by atoms with van der Waals surface area (Å²) in [6, 6.07) is 16.3. The number of carbonyl (C=O) groups is 2. The van der Waals surface area contributed by atoms with Crippen LogP contribution < -0.4 is 15.5 Å². The molecule has 1 aliphatic rings. The number of benzene rings is 2. The van der Waals surface area contributed by atoms with Gasteiger partial charge in [0.25, 0.3) is 0 Å². The number of para-hydroxylation sites is 1. The number of hydrogen-bond donors (Lipinski definition) is 3. The lowest BCUT2D eigenvalue weighted by Gasteiger charge is -2.19. The van der Waals surface area contributed by atoms with Gasteiger partial charge in [-0.15, -0.1) is 0 Å². The summed E-state index contributed by atoms with van der Waals surface area (Å²) in [5.41, 5.74) is 4.96. The van der Waals surface area contributed by atoms with Gasteiger partial charge >= 0.3 is 12.0 Å². The highest BCUT2D eigenvalue weighted by Gasteiger charge is 2.18. The summed E-state index contributed by atoms with van der Waals surface area (Å²) in [4.78, 5) is 24.4. The molecule has 1 heterocycles. The van der Waals surface area contributed by atoms with Gasteiger partial charge in [-0.1, -0.05) is 42.5 Å². The molecule has 136 valence electrons. The Morgan fingerprint density at radius 3 is 2.50 bits per heavy atom. The highest BCUT2D eigenvalue weighted by Crippen LogP contribution is 2.28. The zero-order chi connectivity index (χ0) is 18.4. The number of aliphatic carboxylic acids is 1. The van der Waals surface area contributed by atoms with Crippen molar-refractivity contribution in [1.82, 2.24) is 10.6 Å². The molecule has 1 aliphatic heterocycles. The predicted octanol–water partition coefficient (Wildman–Crippen LogP) is 2.52. The molecule has 0 bridgehead atoms. The Morgan fingerprint density at radius 2 is 1.73 bits per heavy atom. The third-order valence-electron chi connectivity index (χ3n) is 4.46. The minimum Gasteiger partial charge on any atom is -0.481 e. The van der Waals surface area contributed by atoms with Gasteiger partial charge in [0, 0.05) is 31.9 Å². The van der Waals surface area contributed by atoms with Crippen LogP contribution in [-0.2, 0) is 24.3 Å². The van der Waals surface area contributed by atoms with Gasteiger partial charge in [0.15, 0.2) is 0 Å². The number of amides is 2. The Morgan fingerprint density at radius 1 is 1.00 bits per heavy atom. The maximum atomic E-state index is 11.6. The molecule has 0 saturated carbocycles. The molecule has 3 N–H and O–H groups in total. The average Bonchev–Trinajstić information content (AvgIpc) is 3.04. The average molecular weight is 353 g/mol. The van der Waals surface area contributed by atoms with Crippen LogP contribution in [-0.4, -0.2) is 30.2 Å². The van der Waals surface area contributed by atoms with Crippen molar-refractivity contribution in [3.05, 3.63) is 65.2 Å². The number of carboxylic acid groups (broad SMARTS) is 1. The van der Waals surface area contributed by atoms with E-state index >= 15 is 0 Å². The summed E-state index contributed by atoms with van der Waals surface area (Å²) in [6.07, 6.45) is 1.01. The Balaban J connectivity index is 1.47. The SMILES string of the molecule is O=C(O)CCNC(=O)NCc1ccc(CN2CCc3ccccc32)cc1. The number of anilines is 1. The van der Waals surface area contributed by atoms with Crippen LogP contribution in [0, 0.1) is 0 Å². The van der Waals surface area contributed by atoms with Gasteiger partial charge in [0.2, 0.25) is 0 Å². The van der Waals surface area contributed by atoms with Crippen molar-refractivity contribution in [2.45, 2.75) is 25.9 Å². The highest BCUT2D eigenvalue weighted by molar-refractivity contribution is 5.75. The fourth-order valence-electron chi connectivity index (χ4n) is 3.08. The Bertz CT molecular complexity index is 774. The second-order valence-electron chi connectivity index (χ2n) is 6.37. The van der Waals surface area contributed by atoms with E-state index in [1.807, 2.05) is 12.1 Å². The number of carboxylic acids is 1. The number of rotatable bonds is 7. The van der Waals surface area contributed by atoms with Crippen molar-refractivity contribution in [3.8, 4) is 0 Å². The van der Waals surface area contributed by atoms with Crippen LogP contribution >= 0.6 is 0 Å². The number of urea groups is 1. The van der Waals surface area contributed by atoms with E-state index in [2.05, 4.69) is 51.9 Å². The van der Waals surface area contributed by atoms with Crippen LogP contribution in [0.5, 0.6) is 0 Å². The lowest BCUT2D eigenvalue weighted by atomic mass is 10.1. The summed E-state index contributed by atoms with van der Waals surface area (Å²) in [5, 5.41) is 13.8. The first-order chi connectivity index (χ1) is 12.6. The molecular formula is C20H23N3O3. The zero-order valence-corrected chi connectivity index (χ0v) is 14.6. The van der Waals surface area contributed by atoms with Crippen molar-refractivity contribution in [2.75, 3.05) is 18.0 Å². The van der Waals surface area contributed by atoms with Crippen molar-refractivity contribution in [3.63, 3.8) is 0 Å². The molecule has 2 aromatic carbocycles. The number of carbonyl (C=O) groups excluding carboxylic acids is 1. The van der Waals surface area contributed by atoms with Crippen LogP contribution in [0.1, 0.15) is 23.1 Å². The van der Waals surface area contributed by atoms with E-state index in [1.54, 1.807) is 0 Å². The summed E-state index contributed by atoms with van der Waals surface area (Å²) in [5.74, 6) is -0.929. The normalized spacial score (nSPS) is 12.5. The topological polar surface area (TPSA) is 81.7 Å². The molecule has 0 atom stereocenters. The first-order valence-electron chi connectivity index (χ1n) is 8.76. The molecule has 0 saturated heterocycles. The molecule has 6 nitrogen and oxygen atoms in total. The Hall–Kier alpha value is -3.02. The fourth-order valence-corrected chi connectivity index (χ4v) is 3.08. The van der Waals surface area contributed by atoms with Gasteiger partial charge in [0.05, 0.1) is 6.42 Å². The van der Waals surface area contributed by atoms with Crippen LogP contribution in [0.3, 0.4) is 0 Å². The van der Waals surface area contributed by atoms with Crippen LogP contribution in [0.25, 0.3) is 0 Å². The monoisotopic (exact) mass is 353 g/mol. The number of nitrogens with zero attached hydrogens (tertiary/aromatic N) is 1. The van der Waals surface area contributed by atoms with Gasteiger partial charge in [-0.25, -0.2) is 4.79 Å². The van der Waals surface area contributed by atoms with E-state index in [0.717, 1.165) is 25.1 Å². The molecule has 2 amide bonds. The fraction of sp³-hybridized carbons (Fsp3) is 0.300. The van der Waals surface area contributed by atoms with Crippen molar-refractivity contribution < 1.29 is 14.7 Å². The molecule has 2 aromatic rings.